The average molecular weight is 448 g/mol. The highest BCUT2D eigenvalue weighted by Crippen LogP contribution is 2.32. The number of carbonyl (C=O) groups is 1. The van der Waals surface area contributed by atoms with Crippen molar-refractivity contribution in [3.63, 3.8) is 0 Å². The van der Waals surface area contributed by atoms with Crippen LogP contribution in [-0.2, 0) is 0 Å². The smallest absolute Gasteiger partial charge is 0.321 e. The molecule has 0 radical (unpaired) electrons. The van der Waals surface area contributed by atoms with E-state index in [1.165, 1.54) is 0 Å². The van der Waals surface area contributed by atoms with Gasteiger partial charge in [-0.05, 0) is 67.4 Å². The summed E-state index contributed by atoms with van der Waals surface area (Å²) in [6.45, 7) is 6.66. The second-order valence-electron chi connectivity index (χ2n) is 8.12. The lowest BCUT2D eigenvalue weighted by atomic mass is 10.1. The van der Waals surface area contributed by atoms with Gasteiger partial charge in [-0.3, -0.25) is 0 Å². The number of anilines is 2. The molecule has 33 heavy (non-hydrogen) atoms. The Morgan fingerprint density at radius 3 is 2.21 bits per heavy atom. The fraction of sp³-hybridized carbons (Fsp3) is 0.320. The van der Waals surface area contributed by atoms with E-state index in [-0.39, 0.29) is 6.03 Å². The number of piperazine rings is 1. The number of rotatable bonds is 5. The van der Waals surface area contributed by atoms with Gasteiger partial charge in [0.05, 0.1) is 19.9 Å². The lowest BCUT2D eigenvalue weighted by Crippen LogP contribution is -2.50. The maximum atomic E-state index is 12.7. The van der Waals surface area contributed by atoms with Crippen molar-refractivity contribution in [2.75, 3.05) is 50.6 Å². The number of methoxy groups -OCH3 is 2. The third kappa shape index (κ3) is 5.16. The zero-order chi connectivity index (χ0) is 23.4. The van der Waals surface area contributed by atoms with Gasteiger partial charge in [0.25, 0.3) is 0 Å². The van der Waals surface area contributed by atoms with Gasteiger partial charge in [0.2, 0.25) is 0 Å². The Labute approximate surface area is 194 Å². The number of carbonyl (C=O) groups excluding carboxylic acids is 1. The van der Waals surface area contributed by atoms with E-state index in [0.29, 0.717) is 37.6 Å². The summed E-state index contributed by atoms with van der Waals surface area (Å²) in [5.41, 5.74) is 4.62. The zero-order valence-corrected chi connectivity index (χ0v) is 19.5. The lowest BCUT2D eigenvalue weighted by Gasteiger charge is -2.35. The molecule has 1 aliphatic heterocycles. The molecule has 1 N–H and O–H groups in total. The van der Waals surface area contributed by atoms with Crippen LogP contribution in [-0.4, -0.2) is 61.5 Å². The predicted molar refractivity (Wildman–Crippen MR) is 129 cm³/mol. The van der Waals surface area contributed by atoms with Crippen molar-refractivity contribution in [3.05, 3.63) is 59.7 Å². The summed E-state index contributed by atoms with van der Waals surface area (Å²) in [4.78, 5) is 16.7. The van der Waals surface area contributed by atoms with Crippen LogP contribution in [0.4, 0.5) is 16.3 Å². The van der Waals surface area contributed by atoms with Crippen LogP contribution < -0.4 is 19.7 Å². The molecule has 2 aromatic carbocycles. The molecule has 8 heteroatoms. The molecule has 1 aliphatic rings. The first-order chi connectivity index (χ1) is 16.0. The topological polar surface area (TPSA) is 79.8 Å². The van der Waals surface area contributed by atoms with Gasteiger partial charge in [0, 0.05) is 37.4 Å². The van der Waals surface area contributed by atoms with Crippen molar-refractivity contribution in [1.82, 2.24) is 15.1 Å². The highest BCUT2D eigenvalue weighted by molar-refractivity contribution is 5.89. The van der Waals surface area contributed by atoms with E-state index in [1.807, 2.05) is 61.2 Å². The second kappa shape index (κ2) is 9.77. The summed E-state index contributed by atoms with van der Waals surface area (Å²) in [5, 5.41) is 11.9. The number of ether oxygens (including phenoxy) is 2. The first-order valence-corrected chi connectivity index (χ1v) is 10.9. The Balaban J connectivity index is 1.39. The molecule has 1 fully saturated rings. The van der Waals surface area contributed by atoms with Crippen LogP contribution in [0.2, 0.25) is 0 Å². The molecule has 1 aromatic heterocycles. The summed E-state index contributed by atoms with van der Waals surface area (Å²) >= 11 is 0. The van der Waals surface area contributed by atoms with E-state index < -0.39 is 0 Å². The molecule has 8 nitrogen and oxygen atoms in total. The highest BCUT2D eigenvalue weighted by atomic mass is 16.5. The fourth-order valence-corrected chi connectivity index (χ4v) is 4.04. The molecule has 0 saturated carbocycles. The Morgan fingerprint density at radius 2 is 1.61 bits per heavy atom. The standard InChI is InChI=1S/C25H29N5O3/c1-17-13-18(2)15-19(14-17)26-25(31)30-11-9-29(10-12-30)24-8-6-22(27-28-24)21-16-20(32-3)5-7-23(21)33-4/h5-8,13-16H,9-12H2,1-4H3,(H,26,31). The van der Waals surface area contributed by atoms with Crippen LogP contribution in [0.3, 0.4) is 0 Å². The van der Waals surface area contributed by atoms with E-state index in [0.717, 1.165) is 33.9 Å². The minimum Gasteiger partial charge on any atom is -0.497 e. The number of aromatic nitrogens is 2. The van der Waals surface area contributed by atoms with E-state index in [1.54, 1.807) is 14.2 Å². The molecular weight excluding hydrogens is 418 g/mol. The SMILES string of the molecule is COc1ccc(OC)c(-c2ccc(N3CCN(C(=O)Nc4cc(C)cc(C)c4)CC3)nn2)c1. The van der Waals surface area contributed by atoms with Gasteiger partial charge in [-0.1, -0.05) is 6.07 Å². The van der Waals surface area contributed by atoms with Crippen molar-refractivity contribution in [1.29, 1.82) is 0 Å². The molecule has 0 unspecified atom stereocenters. The molecule has 2 amide bonds. The summed E-state index contributed by atoms with van der Waals surface area (Å²) < 4.78 is 10.8. The summed E-state index contributed by atoms with van der Waals surface area (Å²) in [7, 11) is 3.26. The van der Waals surface area contributed by atoms with Crippen LogP contribution in [0.5, 0.6) is 11.5 Å². The van der Waals surface area contributed by atoms with Gasteiger partial charge < -0.3 is 24.6 Å². The van der Waals surface area contributed by atoms with Gasteiger partial charge in [0.15, 0.2) is 5.82 Å². The molecule has 2 heterocycles. The Kier molecular flexibility index (Phi) is 6.63. The number of nitrogens with zero attached hydrogens (tertiary/aromatic N) is 4. The number of hydrogen-bond acceptors (Lipinski definition) is 6. The molecule has 0 bridgehead atoms. The number of urea groups is 1. The second-order valence-corrected chi connectivity index (χ2v) is 8.12. The third-order valence-corrected chi connectivity index (χ3v) is 5.70. The molecule has 1 saturated heterocycles. The van der Waals surface area contributed by atoms with Crippen molar-refractivity contribution >= 4 is 17.5 Å². The van der Waals surface area contributed by atoms with Gasteiger partial charge in [-0.25, -0.2) is 4.79 Å². The number of hydrogen-bond donors (Lipinski definition) is 1. The highest BCUT2D eigenvalue weighted by Gasteiger charge is 2.22. The van der Waals surface area contributed by atoms with E-state index >= 15 is 0 Å². The monoisotopic (exact) mass is 447 g/mol. The normalized spacial score (nSPS) is 13.6. The molecule has 3 aromatic rings. The predicted octanol–water partition coefficient (Wildman–Crippen LogP) is 4.13. The number of nitrogens with one attached hydrogen (secondary N) is 1. The minimum atomic E-state index is -0.0776. The Morgan fingerprint density at radius 1 is 0.879 bits per heavy atom. The summed E-state index contributed by atoms with van der Waals surface area (Å²) in [6, 6.07) is 15.4. The van der Waals surface area contributed by atoms with Crippen molar-refractivity contribution in [3.8, 4) is 22.8 Å². The Hall–Kier alpha value is -3.81. The van der Waals surface area contributed by atoms with Crippen molar-refractivity contribution < 1.29 is 14.3 Å². The largest absolute Gasteiger partial charge is 0.497 e. The van der Waals surface area contributed by atoms with Crippen LogP contribution >= 0.6 is 0 Å². The van der Waals surface area contributed by atoms with Crippen molar-refractivity contribution in [2.45, 2.75) is 13.8 Å². The van der Waals surface area contributed by atoms with Gasteiger partial charge in [0.1, 0.15) is 11.5 Å². The summed E-state index contributed by atoms with van der Waals surface area (Å²) in [6.07, 6.45) is 0. The molecule has 0 spiro atoms. The first-order valence-electron chi connectivity index (χ1n) is 10.9. The van der Waals surface area contributed by atoms with Crippen LogP contribution in [0, 0.1) is 13.8 Å². The number of benzene rings is 2. The van der Waals surface area contributed by atoms with Crippen LogP contribution in [0.15, 0.2) is 48.5 Å². The minimum absolute atomic E-state index is 0.0776. The molecular formula is C25H29N5O3. The molecule has 4 rings (SSSR count). The molecule has 172 valence electrons. The first kappa shape index (κ1) is 22.4. The van der Waals surface area contributed by atoms with E-state index in [4.69, 9.17) is 9.47 Å². The molecule has 0 atom stereocenters. The van der Waals surface area contributed by atoms with Crippen LogP contribution in [0.1, 0.15) is 11.1 Å². The molecule has 0 aliphatic carbocycles. The zero-order valence-electron chi connectivity index (χ0n) is 19.5. The van der Waals surface area contributed by atoms with E-state index in [2.05, 4.69) is 26.5 Å². The fourth-order valence-electron chi connectivity index (χ4n) is 4.04. The van der Waals surface area contributed by atoms with Gasteiger partial charge in [-0.2, -0.15) is 0 Å². The van der Waals surface area contributed by atoms with Gasteiger partial charge >= 0.3 is 6.03 Å². The quantitative estimate of drug-likeness (QED) is 0.634. The summed E-state index contributed by atoms with van der Waals surface area (Å²) in [5.74, 6) is 2.23. The number of aryl methyl sites for hydroxylation is 2. The maximum absolute atomic E-state index is 12.7. The van der Waals surface area contributed by atoms with Gasteiger partial charge in [-0.15, -0.1) is 10.2 Å². The Bertz CT molecular complexity index is 1110. The van der Waals surface area contributed by atoms with E-state index in [9.17, 15) is 4.79 Å². The average Bonchev–Trinajstić information content (AvgIpc) is 2.83. The number of amides is 2. The van der Waals surface area contributed by atoms with Crippen LogP contribution in [0.25, 0.3) is 11.3 Å². The van der Waals surface area contributed by atoms with Crippen molar-refractivity contribution in [2.24, 2.45) is 0 Å². The maximum Gasteiger partial charge on any atom is 0.321 e. The lowest BCUT2D eigenvalue weighted by molar-refractivity contribution is 0.208. The third-order valence-electron chi connectivity index (χ3n) is 5.70.